The van der Waals surface area contributed by atoms with Crippen LogP contribution in [0.15, 0.2) is 24.3 Å². The van der Waals surface area contributed by atoms with Gasteiger partial charge in [0.05, 0.1) is 23.0 Å². The van der Waals surface area contributed by atoms with Crippen molar-refractivity contribution in [1.29, 1.82) is 0 Å². The molecule has 34 heavy (non-hydrogen) atoms. The van der Waals surface area contributed by atoms with Gasteiger partial charge >= 0.3 is 6.09 Å². The van der Waals surface area contributed by atoms with Gasteiger partial charge in [-0.15, -0.1) is 0 Å². The topological polar surface area (TPSA) is 137 Å². The van der Waals surface area contributed by atoms with Crippen LogP contribution in [-0.2, 0) is 20.7 Å². The smallest absolute Gasteiger partial charge is 0.407 e. The molecule has 1 aromatic heterocycles. The first-order chi connectivity index (χ1) is 16.5. The van der Waals surface area contributed by atoms with Crippen LogP contribution in [0.2, 0.25) is 0 Å². The first kappa shape index (κ1) is 22.5. The fourth-order valence-corrected chi connectivity index (χ4v) is 4.92. The van der Waals surface area contributed by atoms with Crippen LogP contribution in [-0.4, -0.2) is 70.5 Å². The number of carbonyl (C=O) groups excluding carboxylic acids is 3. The molecule has 1 saturated heterocycles. The van der Waals surface area contributed by atoms with E-state index in [1.165, 1.54) is 0 Å². The molecule has 1 saturated carbocycles. The highest BCUT2D eigenvalue weighted by Gasteiger charge is 2.52. The lowest BCUT2D eigenvalue weighted by molar-refractivity contribution is -0.122. The maximum Gasteiger partial charge on any atom is 0.407 e. The maximum absolute atomic E-state index is 12.1. The molecule has 1 aliphatic carbocycles. The highest BCUT2D eigenvalue weighted by atomic mass is 16.6. The van der Waals surface area contributed by atoms with Crippen molar-refractivity contribution in [2.75, 3.05) is 19.6 Å². The standard InChI is InChI=1S/C24H29N5O5/c25-22(31)19-12-14-13-29(19)11-10-26-24(32)34-21-15(20(21)30)6-2-1-3-9-18-23(33-14)28-17-8-5-4-7-16(17)27-18/h4-5,7-8,14-15,19,21H,1-3,6,9-13H2,(H2,25,31)(H,26,32). The summed E-state index contributed by atoms with van der Waals surface area (Å²) in [6.07, 6.45) is 2.97. The van der Waals surface area contributed by atoms with Gasteiger partial charge in [0.25, 0.3) is 0 Å². The molecule has 2 fully saturated rings. The number of ether oxygens (including phenoxy) is 2. The van der Waals surface area contributed by atoms with Gasteiger partial charge in [0.1, 0.15) is 11.8 Å². The third-order valence-corrected chi connectivity index (χ3v) is 6.81. The van der Waals surface area contributed by atoms with Gasteiger partial charge in [-0.2, -0.15) is 0 Å². The molecule has 1 aromatic carbocycles. The monoisotopic (exact) mass is 467 g/mol. The van der Waals surface area contributed by atoms with E-state index in [1.54, 1.807) is 0 Å². The molecule has 3 N–H and O–H groups in total. The van der Waals surface area contributed by atoms with Gasteiger partial charge in [0.2, 0.25) is 11.8 Å². The van der Waals surface area contributed by atoms with Crippen molar-refractivity contribution in [3.05, 3.63) is 30.0 Å². The lowest BCUT2D eigenvalue weighted by Crippen LogP contribution is -2.44. The third-order valence-electron chi connectivity index (χ3n) is 6.81. The number of para-hydroxylation sites is 2. The number of nitrogens with one attached hydrogen (secondary N) is 1. The van der Waals surface area contributed by atoms with Crippen molar-refractivity contribution in [3.8, 4) is 5.88 Å². The number of aromatic nitrogens is 2. The molecule has 10 nitrogen and oxygen atoms in total. The van der Waals surface area contributed by atoms with Crippen LogP contribution in [0.1, 0.15) is 37.8 Å². The number of nitrogens with zero attached hydrogens (tertiary/aromatic N) is 3. The molecule has 5 atom stereocenters. The molecular weight excluding hydrogens is 438 g/mol. The first-order valence-corrected chi connectivity index (χ1v) is 11.9. The average molecular weight is 468 g/mol. The number of nitrogens with two attached hydrogens (primary N) is 1. The summed E-state index contributed by atoms with van der Waals surface area (Å²) in [5.74, 6) is -0.160. The fourth-order valence-electron chi connectivity index (χ4n) is 4.92. The van der Waals surface area contributed by atoms with Crippen LogP contribution in [0, 0.1) is 5.92 Å². The third kappa shape index (κ3) is 4.82. The molecule has 10 heteroatoms. The summed E-state index contributed by atoms with van der Waals surface area (Å²) >= 11 is 0. The molecule has 2 bridgehead atoms. The number of ketones is 1. The van der Waals surface area contributed by atoms with Gasteiger partial charge in [-0.1, -0.05) is 25.0 Å². The molecule has 5 rings (SSSR count). The number of carbonyl (C=O) groups is 3. The van der Waals surface area contributed by atoms with Gasteiger partial charge < -0.3 is 20.5 Å². The zero-order valence-electron chi connectivity index (χ0n) is 18.9. The molecule has 0 spiro atoms. The highest BCUT2D eigenvalue weighted by molar-refractivity contribution is 6.03. The Labute approximate surface area is 197 Å². The predicted octanol–water partition coefficient (Wildman–Crippen LogP) is 1.35. The normalized spacial score (nSPS) is 30.1. The molecule has 3 heterocycles. The number of Topliss-reactive ketones (excluding diaryl/α,β-unsaturated/α-hetero) is 1. The Morgan fingerprint density at radius 1 is 1.09 bits per heavy atom. The fraction of sp³-hybridized carbons (Fsp3) is 0.542. The van der Waals surface area contributed by atoms with Gasteiger partial charge in [0.15, 0.2) is 11.9 Å². The maximum atomic E-state index is 12.1. The predicted molar refractivity (Wildman–Crippen MR) is 122 cm³/mol. The molecule has 3 aliphatic rings. The lowest BCUT2D eigenvalue weighted by Gasteiger charge is -2.21. The first-order valence-electron chi connectivity index (χ1n) is 11.9. The molecule has 2 amide bonds. The van der Waals surface area contributed by atoms with Gasteiger partial charge in [-0.25, -0.2) is 14.8 Å². The second kappa shape index (κ2) is 9.54. The molecule has 5 unspecified atom stereocenters. The Bertz CT molecular complexity index is 1110. The average Bonchev–Trinajstić information content (AvgIpc) is 3.21. The SMILES string of the molecule is NC(=O)C1CC2CN1CCNC(=O)OC1C(=O)C1CCCCCc1nc3ccccc3nc1O2. The van der Waals surface area contributed by atoms with E-state index < -0.39 is 24.1 Å². The number of hydrogen-bond donors (Lipinski definition) is 2. The van der Waals surface area contributed by atoms with Crippen LogP contribution in [0.25, 0.3) is 11.0 Å². The number of primary amides is 1. The second-order valence-electron chi connectivity index (χ2n) is 9.21. The number of aryl methyl sites for hydroxylation is 1. The lowest BCUT2D eigenvalue weighted by atomic mass is 10.1. The van der Waals surface area contributed by atoms with Crippen molar-refractivity contribution in [1.82, 2.24) is 20.2 Å². The van der Waals surface area contributed by atoms with Crippen molar-refractivity contribution < 1.29 is 23.9 Å². The second-order valence-corrected chi connectivity index (χ2v) is 9.21. The number of amides is 2. The summed E-state index contributed by atoms with van der Waals surface area (Å²) in [5.41, 5.74) is 8.01. The minimum absolute atomic E-state index is 0.0136. The van der Waals surface area contributed by atoms with E-state index in [4.69, 9.17) is 25.2 Å². The van der Waals surface area contributed by atoms with E-state index in [0.717, 1.165) is 36.0 Å². The summed E-state index contributed by atoms with van der Waals surface area (Å²) in [4.78, 5) is 47.6. The number of fused-ring (bicyclic) bond motifs is 5. The van der Waals surface area contributed by atoms with E-state index >= 15 is 0 Å². The van der Waals surface area contributed by atoms with Gasteiger partial charge in [0, 0.05) is 26.1 Å². The van der Waals surface area contributed by atoms with E-state index in [2.05, 4.69) is 5.32 Å². The van der Waals surface area contributed by atoms with Crippen LogP contribution < -0.4 is 15.8 Å². The Hall–Kier alpha value is -3.27. The summed E-state index contributed by atoms with van der Waals surface area (Å²) in [6, 6.07) is 7.17. The largest absolute Gasteiger partial charge is 0.472 e. The summed E-state index contributed by atoms with van der Waals surface area (Å²) in [5, 5.41) is 2.67. The summed E-state index contributed by atoms with van der Waals surface area (Å²) in [7, 11) is 0. The van der Waals surface area contributed by atoms with Gasteiger partial charge in [-0.05, 0) is 31.4 Å². The number of alkyl carbamates (subject to hydrolysis) is 1. The van der Waals surface area contributed by atoms with Crippen LogP contribution in [0.3, 0.4) is 0 Å². The molecule has 2 aliphatic heterocycles. The van der Waals surface area contributed by atoms with E-state index in [1.807, 2.05) is 29.2 Å². The zero-order chi connectivity index (χ0) is 23.7. The molecule has 2 aromatic rings. The van der Waals surface area contributed by atoms with E-state index in [0.29, 0.717) is 38.2 Å². The van der Waals surface area contributed by atoms with Crippen LogP contribution in [0.4, 0.5) is 4.79 Å². The minimum atomic E-state index is -0.639. The molecular formula is C24H29N5O5. The highest BCUT2D eigenvalue weighted by Crippen LogP contribution is 2.34. The van der Waals surface area contributed by atoms with Gasteiger partial charge in [-0.3, -0.25) is 14.5 Å². The molecule has 180 valence electrons. The summed E-state index contributed by atoms with van der Waals surface area (Å²) in [6.45, 7) is 1.14. The van der Waals surface area contributed by atoms with Crippen LogP contribution in [0.5, 0.6) is 5.88 Å². The van der Waals surface area contributed by atoms with Crippen molar-refractivity contribution in [2.45, 2.75) is 56.8 Å². The zero-order valence-corrected chi connectivity index (χ0v) is 18.9. The Morgan fingerprint density at radius 3 is 2.68 bits per heavy atom. The Morgan fingerprint density at radius 2 is 1.88 bits per heavy atom. The molecule has 0 radical (unpaired) electrons. The van der Waals surface area contributed by atoms with Crippen molar-refractivity contribution in [3.63, 3.8) is 0 Å². The number of hydrogen-bond acceptors (Lipinski definition) is 8. The number of benzene rings is 1. The van der Waals surface area contributed by atoms with Crippen molar-refractivity contribution >= 4 is 28.8 Å². The van der Waals surface area contributed by atoms with E-state index in [9.17, 15) is 14.4 Å². The van der Waals surface area contributed by atoms with Crippen LogP contribution >= 0.6 is 0 Å². The number of rotatable bonds is 1. The Kier molecular flexibility index (Phi) is 6.32. The Balaban J connectivity index is 1.38. The van der Waals surface area contributed by atoms with E-state index in [-0.39, 0.29) is 24.3 Å². The minimum Gasteiger partial charge on any atom is -0.472 e. The quantitative estimate of drug-likeness (QED) is 0.641. The summed E-state index contributed by atoms with van der Waals surface area (Å²) < 4.78 is 11.6. The van der Waals surface area contributed by atoms with Crippen molar-refractivity contribution in [2.24, 2.45) is 11.7 Å².